The lowest BCUT2D eigenvalue weighted by molar-refractivity contribution is -0.132. The highest BCUT2D eigenvalue weighted by Crippen LogP contribution is 2.43. The molecule has 0 N–H and O–H groups in total. The maximum Gasteiger partial charge on any atom is 0.227 e. The summed E-state index contributed by atoms with van der Waals surface area (Å²) < 4.78 is 0. The van der Waals surface area contributed by atoms with Crippen LogP contribution in [0.2, 0.25) is 0 Å². The van der Waals surface area contributed by atoms with Gasteiger partial charge in [-0.2, -0.15) is 0 Å². The quantitative estimate of drug-likeness (QED) is 0.808. The molecule has 3 aliphatic rings. The van der Waals surface area contributed by atoms with E-state index in [9.17, 15) is 9.59 Å². The zero-order chi connectivity index (χ0) is 14.4. The van der Waals surface area contributed by atoms with Crippen molar-refractivity contribution in [2.75, 3.05) is 24.5 Å². The van der Waals surface area contributed by atoms with Crippen LogP contribution in [0, 0.1) is 11.3 Å². The average Bonchev–Trinajstić information content (AvgIpc) is 3.20. The number of nitrogens with zero attached hydrogens (tertiary/aromatic N) is 4. The molecular weight excluding hydrogens is 268 g/mol. The number of carbonyl (C=O) groups is 2. The number of carbonyl (C=O) groups excluding carboxylic acids is 2. The molecule has 0 bridgehead atoms. The van der Waals surface area contributed by atoms with Gasteiger partial charge in [0.25, 0.3) is 0 Å². The number of hydrogen-bond acceptors (Lipinski definition) is 4. The molecule has 2 saturated heterocycles. The van der Waals surface area contributed by atoms with Crippen molar-refractivity contribution in [3.8, 4) is 0 Å². The molecule has 1 aliphatic carbocycles. The molecular formula is C15H18N4O2. The zero-order valence-corrected chi connectivity index (χ0v) is 11.9. The van der Waals surface area contributed by atoms with Gasteiger partial charge in [0.05, 0.1) is 18.1 Å². The molecule has 0 radical (unpaired) electrons. The molecule has 6 nitrogen and oxygen atoms in total. The fourth-order valence-corrected chi connectivity index (χ4v) is 3.55. The lowest BCUT2D eigenvalue weighted by Crippen LogP contribution is -2.34. The molecule has 1 spiro atoms. The fourth-order valence-electron chi connectivity index (χ4n) is 3.55. The summed E-state index contributed by atoms with van der Waals surface area (Å²) in [5, 5.41) is 0. The Morgan fingerprint density at radius 3 is 2.71 bits per heavy atom. The Kier molecular flexibility index (Phi) is 2.74. The van der Waals surface area contributed by atoms with E-state index < -0.39 is 0 Å². The SMILES string of the molecule is O=C(C1CC1)N1CCC2(CC(=O)N(c3cncnc3)C2)C1. The minimum atomic E-state index is -0.0719. The van der Waals surface area contributed by atoms with E-state index in [1.165, 1.54) is 6.33 Å². The summed E-state index contributed by atoms with van der Waals surface area (Å²) >= 11 is 0. The summed E-state index contributed by atoms with van der Waals surface area (Å²) in [5.74, 6) is 0.669. The maximum absolute atomic E-state index is 12.3. The molecule has 110 valence electrons. The highest BCUT2D eigenvalue weighted by Gasteiger charge is 2.50. The Morgan fingerprint density at radius 1 is 1.24 bits per heavy atom. The molecule has 0 aromatic carbocycles. The van der Waals surface area contributed by atoms with Crippen LogP contribution in [0.4, 0.5) is 5.69 Å². The van der Waals surface area contributed by atoms with Gasteiger partial charge in [0.2, 0.25) is 11.8 Å². The fraction of sp³-hybridized carbons (Fsp3) is 0.600. The van der Waals surface area contributed by atoms with Gasteiger partial charge in [-0.15, -0.1) is 0 Å². The Bertz CT molecular complexity index is 587. The first-order chi connectivity index (χ1) is 10.2. The van der Waals surface area contributed by atoms with E-state index in [-0.39, 0.29) is 17.2 Å². The van der Waals surface area contributed by atoms with Crippen LogP contribution in [-0.2, 0) is 9.59 Å². The van der Waals surface area contributed by atoms with E-state index in [0.717, 1.165) is 38.0 Å². The van der Waals surface area contributed by atoms with Gasteiger partial charge in [0.15, 0.2) is 0 Å². The third kappa shape index (κ3) is 2.18. The normalized spacial score (nSPS) is 28.7. The van der Waals surface area contributed by atoms with Gasteiger partial charge in [0, 0.05) is 37.4 Å². The predicted octanol–water partition coefficient (Wildman–Crippen LogP) is 0.842. The van der Waals surface area contributed by atoms with Crippen molar-refractivity contribution < 1.29 is 9.59 Å². The molecule has 3 heterocycles. The summed E-state index contributed by atoms with van der Waals surface area (Å²) in [7, 11) is 0. The van der Waals surface area contributed by atoms with Crippen LogP contribution in [0.25, 0.3) is 0 Å². The van der Waals surface area contributed by atoms with E-state index in [1.54, 1.807) is 17.3 Å². The average molecular weight is 286 g/mol. The van der Waals surface area contributed by atoms with Gasteiger partial charge in [-0.05, 0) is 19.3 Å². The number of likely N-dealkylation sites (tertiary alicyclic amines) is 1. The highest BCUT2D eigenvalue weighted by molar-refractivity contribution is 5.96. The van der Waals surface area contributed by atoms with Crippen LogP contribution in [0.15, 0.2) is 18.7 Å². The van der Waals surface area contributed by atoms with Crippen molar-refractivity contribution in [1.29, 1.82) is 0 Å². The van der Waals surface area contributed by atoms with E-state index >= 15 is 0 Å². The summed E-state index contributed by atoms with van der Waals surface area (Å²) in [6, 6.07) is 0. The highest BCUT2D eigenvalue weighted by atomic mass is 16.2. The summed E-state index contributed by atoms with van der Waals surface area (Å²) in [6.07, 6.45) is 8.32. The van der Waals surface area contributed by atoms with Gasteiger partial charge in [0.1, 0.15) is 6.33 Å². The third-order valence-electron chi connectivity index (χ3n) is 4.86. The monoisotopic (exact) mass is 286 g/mol. The Morgan fingerprint density at radius 2 is 2.00 bits per heavy atom. The Balaban J connectivity index is 1.50. The van der Waals surface area contributed by atoms with Crippen LogP contribution >= 0.6 is 0 Å². The lowest BCUT2D eigenvalue weighted by Gasteiger charge is -2.24. The van der Waals surface area contributed by atoms with Gasteiger partial charge in [-0.25, -0.2) is 9.97 Å². The van der Waals surface area contributed by atoms with E-state index in [4.69, 9.17) is 0 Å². The lowest BCUT2D eigenvalue weighted by atomic mass is 9.86. The molecule has 6 heteroatoms. The topological polar surface area (TPSA) is 66.4 Å². The van der Waals surface area contributed by atoms with Gasteiger partial charge in [-0.1, -0.05) is 0 Å². The maximum atomic E-state index is 12.3. The van der Waals surface area contributed by atoms with Crippen molar-refractivity contribution in [2.24, 2.45) is 11.3 Å². The standard InChI is InChI=1S/C15H18N4O2/c20-13-5-15(9-19(13)12-6-16-10-17-7-12)3-4-18(8-15)14(21)11-1-2-11/h6-7,10-11H,1-5,8-9H2. The second kappa shape index (κ2) is 4.51. The van der Waals surface area contributed by atoms with Gasteiger partial charge >= 0.3 is 0 Å². The van der Waals surface area contributed by atoms with Crippen LogP contribution in [0.5, 0.6) is 0 Å². The van der Waals surface area contributed by atoms with Crippen molar-refractivity contribution in [3.05, 3.63) is 18.7 Å². The molecule has 3 fully saturated rings. The van der Waals surface area contributed by atoms with Crippen molar-refractivity contribution in [1.82, 2.24) is 14.9 Å². The van der Waals surface area contributed by atoms with E-state index in [0.29, 0.717) is 18.9 Å². The first kappa shape index (κ1) is 12.7. The summed E-state index contributed by atoms with van der Waals surface area (Å²) in [6.45, 7) is 2.19. The smallest absolute Gasteiger partial charge is 0.227 e. The molecule has 1 saturated carbocycles. The number of amides is 2. The first-order valence-corrected chi connectivity index (χ1v) is 7.51. The minimum absolute atomic E-state index is 0.0719. The van der Waals surface area contributed by atoms with E-state index in [2.05, 4.69) is 9.97 Å². The van der Waals surface area contributed by atoms with Gasteiger partial charge < -0.3 is 9.80 Å². The molecule has 1 aromatic rings. The molecule has 1 aromatic heterocycles. The van der Waals surface area contributed by atoms with Crippen LogP contribution in [-0.4, -0.2) is 46.3 Å². The number of anilines is 1. The molecule has 4 rings (SSSR count). The largest absolute Gasteiger partial charge is 0.342 e. The Hall–Kier alpha value is -1.98. The number of hydrogen-bond donors (Lipinski definition) is 0. The Labute approximate surface area is 123 Å². The first-order valence-electron chi connectivity index (χ1n) is 7.51. The molecule has 2 aliphatic heterocycles. The van der Waals surface area contributed by atoms with Gasteiger partial charge in [-0.3, -0.25) is 9.59 Å². The van der Waals surface area contributed by atoms with Crippen molar-refractivity contribution in [3.63, 3.8) is 0 Å². The molecule has 21 heavy (non-hydrogen) atoms. The van der Waals surface area contributed by atoms with Crippen LogP contribution in [0.1, 0.15) is 25.7 Å². The molecule has 1 unspecified atom stereocenters. The second-order valence-corrected chi connectivity index (χ2v) is 6.54. The molecule has 2 amide bonds. The van der Waals surface area contributed by atoms with Crippen molar-refractivity contribution >= 4 is 17.5 Å². The van der Waals surface area contributed by atoms with Crippen LogP contribution in [0.3, 0.4) is 0 Å². The number of aromatic nitrogens is 2. The second-order valence-electron chi connectivity index (χ2n) is 6.54. The summed E-state index contributed by atoms with van der Waals surface area (Å²) in [5.41, 5.74) is 0.684. The molecule has 1 atom stereocenters. The third-order valence-corrected chi connectivity index (χ3v) is 4.86. The predicted molar refractivity (Wildman–Crippen MR) is 75.4 cm³/mol. The summed E-state index contributed by atoms with van der Waals surface area (Å²) in [4.78, 5) is 36.2. The zero-order valence-electron chi connectivity index (χ0n) is 11.9. The van der Waals surface area contributed by atoms with Crippen LogP contribution < -0.4 is 4.90 Å². The minimum Gasteiger partial charge on any atom is -0.342 e. The van der Waals surface area contributed by atoms with E-state index in [1.807, 2.05) is 4.90 Å². The van der Waals surface area contributed by atoms with Crippen molar-refractivity contribution in [2.45, 2.75) is 25.7 Å². The number of rotatable bonds is 2.